The average Bonchev–Trinajstić information content (AvgIpc) is 2.96. The predicted molar refractivity (Wildman–Crippen MR) is 75.2 cm³/mol. The van der Waals surface area contributed by atoms with Crippen LogP contribution in [0.3, 0.4) is 0 Å². The lowest BCUT2D eigenvalue weighted by atomic mass is 10.1. The molecule has 2 aromatic heterocycles. The van der Waals surface area contributed by atoms with Crippen molar-refractivity contribution in [3.05, 3.63) is 46.9 Å². The van der Waals surface area contributed by atoms with Crippen LogP contribution >= 0.6 is 11.6 Å². The molecule has 0 saturated carbocycles. The number of nitrogens with zero attached hydrogens (tertiary/aromatic N) is 4. The molecule has 102 valence electrons. The zero-order chi connectivity index (χ0) is 14.1. The van der Waals surface area contributed by atoms with Gasteiger partial charge in [0.25, 0.3) is 5.89 Å². The van der Waals surface area contributed by atoms with Crippen LogP contribution in [0.1, 0.15) is 11.5 Å². The summed E-state index contributed by atoms with van der Waals surface area (Å²) in [5, 5.41) is 12.8. The van der Waals surface area contributed by atoms with Crippen LogP contribution in [0.5, 0.6) is 0 Å². The Morgan fingerprint density at radius 3 is 2.90 bits per heavy atom. The molecular formula is C13H12ClN5O. The fraction of sp³-hybridized carbons (Fsp3) is 0.154. The predicted octanol–water partition coefficient (Wildman–Crippen LogP) is 2.30. The van der Waals surface area contributed by atoms with Crippen LogP contribution in [0.15, 0.2) is 34.9 Å². The molecule has 1 aromatic carbocycles. The van der Waals surface area contributed by atoms with Crippen LogP contribution < -0.4 is 5.73 Å². The Hall–Kier alpha value is -2.34. The summed E-state index contributed by atoms with van der Waals surface area (Å²) in [4.78, 5) is 0. The number of hydrogen-bond acceptors (Lipinski definition) is 5. The van der Waals surface area contributed by atoms with Gasteiger partial charge in [0.15, 0.2) is 5.69 Å². The lowest BCUT2D eigenvalue weighted by Crippen LogP contribution is -1.88. The van der Waals surface area contributed by atoms with Crippen molar-refractivity contribution in [3.63, 3.8) is 0 Å². The first kappa shape index (κ1) is 12.7. The van der Waals surface area contributed by atoms with Gasteiger partial charge in [0, 0.05) is 18.3 Å². The molecule has 0 atom stereocenters. The third-order valence-electron chi connectivity index (χ3n) is 2.77. The average molecular weight is 290 g/mol. The fourth-order valence-electron chi connectivity index (χ4n) is 1.92. The van der Waals surface area contributed by atoms with Crippen LogP contribution in [0.25, 0.3) is 11.6 Å². The van der Waals surface area contributed by atoms with E-state index >= 15 is 0 Å². The summed E-state index contributed by atoms with van der Waals surface area (Å²) < 4.78 is 7.19. The van der Waals surface area contributed by atoms with Gasteiger partial charge < -0.3 is 10.2 Å². The van der Waals surface area contributed by atoms with Gasteiger partial charge in [-0.3, -0.25) is 4.68 Å². The van der Waals surface area contributed by atoms with Crippen molar-refractivity contribution in [2.24, 2.45) is 7.05 Å². The van der Waals surface area contributed by atoms with Crippen molar-refractivity contribution in [2.45, 2.75) is 6.42 Å². The zero-order valence-electron chi connectivity index (χ0n) is 10.7. The normalized spacial score (nSPS) is 10.9. The third-order valence-corrected chi connectivity index (χ3v) is 3.01. The Morgan fingerprint density at radius 1 is 1.35 bits per heavy atom. The van der Waals surface area contributed by atoms with E-state index in [1.54, 1.807) is 17.9 Å². The number of aryl methyl sites for hydroxylation is 1. The summed E-state index contributed by atoms with van der Waals surface area (Å²) in [5.74, 6) is 0.812. The number of nitrogen functional groups attached to an aromatic ring is 1. The van der Waals surface area contributed by atoms with Crippen LogP contribution in [-0.2, 0) is 13.5 Å². The zero-order valence-corrected chi connectivity index (χ0v) is 11.5. The molecule has 7 heteroatoms. The first-order valence-corrected chi connectivity index (χ1v) is 6.36. The second-order valence-corrected chi connectivity index (χ2v) is 4.85. The molecule has 2 heterocycles. The van der Waals surface area contributed by atoms with E-state index in [4.69, 9.17) is 21.8 Å². The van der Waals surface area contributed by atoms with Gasteiger partial charge in [-0.15, -0.1) is 10.2 Å². The Morgan fingerprint density at radius 2 is 2.20 bits per heavy atom. The van der Waals surface area contributed by atoms with Gasteiger partial charge in [-0.25, -0.2) is 0 Å². The van der Waals surface area contributed by atoms with Crippen LogP contribution in [-0.4, -0.2) is 20.0 Å². The summed E-state index contributed by atoms with van der Waals surface area (Å²) in [7, 11) is 1.78. The molecule has 0 spiro atoms. The molecule has 0 aliphatic carbocycles. The topological polar surface area (TPSA) is 82.8 Å². The van der Waals surface area contributed by atoms with Crippen LogP contribution in [0.4, 0.5) is 5.69 Å². The molecule has 20 heavy (non-hydrogen) atoms. The van der Waals surface area contributed by atoms with Gasteiger partial charge in [0.05, 0.1) is 12.1 Å². The molecular weight excluding hydrogens is 278 g/mol. The molecule has 3 aromatic rings. The maximum Gasteiger partial charge on any atom is 0.270 e. The highest BCUT2D eigenvalue weighted by molar-refractivity contribution is 6.30. The van der Waals surface area contributed by atoms with Crippen molar-refractivity contribution >= 4 is 17.3 Å². The smallest absolute Gasteiger partial charge is 0.270 e. The van der Waals surface area contributed by atoms with Crippen molar-refractivity contribution < 1.29 is 4.42 Å². The van der Waals surface area contributed by atoms with E-state index in [1.165, 1.54) is 0 Å². The Kier molecular flexibility index (Phi) is 3.15. The van der Waals surface area contributed by atoms with E-state index in [1.807, 2.05) is 24.3 Å². The molecule has 0 aliphatic rings. The molecule has 0 saturated heterocycles. The second-order valence-electron chi connectivity index (χ2n) is 4.41. The first-order chi connectivity index (χ1) is 9.61. The summed E-state index contributed by atoms with van der Waals surface area (Å²) in [6, 6.07) is 7.51. The first-order valence-electron chi connectivity index (χ1n) is 5.98. The number of anilines is 1. The third kappa shape index (κ3) is 2.50. The fourth-order valence-corrected chi connectivity index (χ4v) is 2.13. The molecule has 3 rings (SSSR count). The molecule has 0 fully saturated rings. The monoisotopic (exact) mass is 289 g/mol. The SMILES string of the molecule is Cn1cc(N)c(-c2nnc(Cc3cccc(Cl)c3)o2)n1. The Labute approximate surface area is 120 Å². The number of halogens is 1. The van der Waals surface area contributed by atoms with Crippen LogP contribution in [0, 0.1) is 0 Å². The lowest BCUT2D eigenvalue weighted by Gasteiger charge is -1.97. The number of aromatic nitrogens is 4. The number of rotatable bonds is 3. The maximum absolute atomic E-state index is 5.94. The summed E-state index contributed by atoms with van der Waals surface area (Å²) in [5.41, 5.74) is 7.83. The van der Waals surface area contributed by atoms with Gasteiger partial charge in [-0.2, -0.15) is 5.10 Å². The second kappa shape index (κ2) is 4.97. The summed E-state index contributed by atoms with van der Waals surface area (Å²) in [6.07, 6.45) is 2.20. The van der Waals surface area contributed by atoms with Gasteiger partial charge in [0.1, 0.15) is 0 Å². The van der Waals surface area contributed by atoms with E-state index in [2.05, 4.69) is 15.3 Å². The highest BCUT2D eigenvalue weighted by Gasteiger charge is 2.15. The van der Waals surface area contributed by atoms with Gasteiger partial charge >= 0.3 is 0 Å². The molecule has 0 unspecified atom stereocenters. The van der Waals surface area contributed by atoms with E-state index in [0.29, 0.717) is 34.6 Å². The van der Waals surface area contributed by atoms with Crippen molar-refractivity contribution in [1.29, 1.82) is 0 Å². The largest absolute Gasteiger partial charge is 0.419 e. The minimum atomic E-state index is 0.320. The molecule has 2 N–H and O–H groups in total. The Balaban J connectivity index is 1.85. The van der Waals surface area contributed by atoms with E-state index in [0.717, 1.165) is 5.56 Å². The molecule has 0 aliphatic heterocycles. The van der Waals surface area contributed by atoms with Gasteiger partial charge in [-0.05, 0) is 17.7 Å². The molecule has 0 amide bonds. The van der Waals surface area contributed by atoms with E-state index in [-0.39, 0.29) is 0 Å². The number of benzene rings is 1. The van der Waals surface area contributed by atoms with Crippen molar-refractivity contribution in [3.8, 4) is 11.6 Å². The highest BCUT2D eigenvalue weighted by Crippen LogP contribution is 2.23. The van der Waals surface area contributed by atoms with E-state index in [9.17, 15) is 0 Å². The number of nitrogens with two attached hydrogens (primary N) is 1. The molecule has 0 radical (unpaired) electrons. The molecule has 6 nitrogen and oxygen atoms in total. The van der Waals surface area contributed by atoms with Gasteiger partial charge in [0.2, 0.25) is 5.89 Å². The highest BCUT2D eigenvalue weighted by atomic mass is 35.5. The van der Waals surface area contributed by atoms with Crippen LogP contribution in [0.2, 0.25) is 5.02 Å². The Bertz CT molecular complexity index is 749. The minimum absolute atomic E-state index is 0.320. The quantitative estimate of drug-likeness (QED) is 0.800. The standard InChI is InChI=1S/C13H12ClN5O/c1-19-7-10(15)12(18-19)13-17-16-11(20-13)6-8-3-2-4-9(14)5-8/h2-5,7H,6,15H2,1H3. The molecule has 0 bridgehead atoms. The van der Waals surface area contributed by atoms with Gasteiger partial charge in [-0.1, -0.05) is 23.7 Å². The lowest BCUT2D eigenvalue weighted by molar-refractivity contribution is 0.515. The summed E-state index contributed by atoms with van der Waals surface area (Å²) in [6.45, 7) is 0. The van der Waals surface area contributed by atoms with Crippen molar-refractivity contribution in [1.82, 2.24) is 20.0 Å². The minimum Gasteiger partial charge on any atom is -0.419 e. The summed E-state index contributed by atoms with van der Waals surface area (Å²) >= 11 is 5.94. The number of hydrogen-bond donors (Lipinski definition) is 1. The maximum atomic E-state index is 5.94. The van der Waals surface area contributed by atoms with Crippen molar-refractivity contribution in [2.75, 3.05) is 5.73 Å². The van der Waals surface area contributed by atoms with E-state index < -0.39 is 0 Å².